The number of rotatable bonds is 10. The van der Waals surface area contributed by atoms with Crippen molar-refractivity contribution in [1.82, 2.24) is 4.90 Å². The van der Waals surface area contributed by atoms with Crippen molar-refractivity contribution in [3.8, 4) is 0 Å². The van der Waals surface area contributed by atoms with Crippen molar-refractivity contribution < 1.29 is 0 Å². The molecule has 0 radical (unpaired) electrons. The van der Waals surface area contributed by atoms with Gasteiger partial charge in [0.05, 0.1) is 0 Å². The van der Waals surface area contributed by atoms with Gasteiger partial charge in [-0.25, -0.2) is 0 Å². The van der Waals surface area contributed by atoms with Gasteiger partial charge < -0.3 is 10.2 Å². The lowest BCUT2D eigenvalue weighted by atomic mass is 10.0. The highest BCUT2D eigenvalue weighted by Gasteiger charge is 2.07. The molecule has 1 aromatic carbocycles. The standard InChI is InChI=1S/C21H32N2/c1-4-14-23(15-5-2)16-8-6-7-9-19-11-13-20-12-10-18(3)22-21(20)17-19/h10-13,17,22H,3-9,14-16H2,1-2H3. The first kappa shape index (κ1) is 17.8. The molecule has 2 nitrogen and oxygen atoms in total. The third kappa shape index (κ3) is 5.87. The molecule has 0 aromatic heterocycles. The molecule has 1 aliphatic rings. The lowest BCUT2D eigenvalue weighted by molar-refractivity contribution is 0.268. The molecule has 0 fully saturated rings. The summed E-state index contributed by atoms with van der Waals surface area (Å²) in [7, 11) is 0. The van der Waals surface area contributed by atoms with Crippen LogP contribution < -0.4 is 5.32 Å². The number of nitrogens with one attached hydrogen (secondary N) is 1. The highest BCUT2D eigenvalue weighted by Crippen LogP contribution is 2.25. The molecule has 1 N–H and O–H groups in total. The molecule has 1 aromatic rings. The first-order chi connectivity index (χ1) is 11.2. The minimum Gasteiger partial charge on any atom is -0.356 e. The summed E-state index contributed by atoms with van der Waals surface area (Å²) in [5, 5.41) is 3.36. The summed E-state index contributed by atoms with van der Waals surface area (Å²) in [6, 6.07) is 6.76. The van der Waals surface area contributed by atoms with Crippen LogP contribution in [0.1, 0.15) is 57.1 Å². The predicted molar refractivity (Wildman–Crippen MR) is 103 cm³/mol. The van der Waals surface area contributed by atoms with E-state index in [0.717, 1.165) is 5.70 Å². The van der Waals surface area contributed by atoms with Gasteiger partial charge in [-0.3, -0.25) is 0 Å². The summed E-state index contributed by atoms with van der Waals surface area (Å²) < 4.78 is 0. The smallest absolute Gasteiger partial charge is 0.0460 e. The van der Waals surface area contributed by atoms with Gasteiger partial charge in [0.15, 0.2) is 0 Å². The molecular formula is C21H32N2. The molecule has 23 heavy (non-hydrogen) atoms. The quantitative estimate of drug-likeness (QED) is 0.576. The molecule has 0 aliphatic carbocycles. The highest BCUT2D eigenvalue weighted by molar-refractivity contribution is 5.74. The van der Waals surface area contributed by atoms with Crippen LogP contribution in [0.25, 0.3) is 6.08 Å². The molecule has 1 heterocycles. The second-order valence-corrected chi connectivity index (χ2v) is 6.56. The molecule has 2 heteroatoms. The highest BCUT2D eigenvalue weighted by atomic mass is 15.1. The third-order valence-corrected chi connectivity index (χ3v) is 4.40. The number of hydrogen-bond acceptors (Lipinski definition) is 2. The maximum atomic E-state index is 3.97. The Balaban J connectivity index is 1.71. The van der Waals surface area contributed by atoms with E-state index >= 15 is 0 Å². The minimum absolute atomic E-state index is 0.974. The van der Waals surface area contributed by atoms with Crippen molar-refractivity contribution in [1.29, 1.82) is 0 Å². The molecule has 0 amide bonds. The van der Waals surface area contributed by atoms with Gasteiger partial charge in [0.25, 0.3) is 0 Å². The van der Waals surface area contributed by atoms with E-state index in [0.29, 0.717) is 0 Å². The molecule has 0 saturated heterocycles. The molecule has 1 aliphatic heterocycles. The Morgan fingerprint density at radius 3 is 2.48 bits per heavy atom. The average molecular weight is 313 g/mol. The Hall–Kier alpha value is -1.54. The molecule has 2 rings (SSSR count). The zero-order chi connectivity index (χ0) is 16.5. The first-order valence-electron chi connectivity index (χ1n) is 9.22. The Labute approximate surface area is 142 Å². The Morgan fingerprint density at radius 2 is 1.74 bits per heavy atom. The van der Waals surface area contributed by atoms with E-state index in [1.807, 2.05) is 6.08 Å². The van der Waals surface area contributed by atoms with E-state index in [-0.39, 0.29) is 0 Å². The fourth-order valence-corrected chi connectivity index (χ4v) is 3.23. The van der Waals surface area contributed by atoms with Gasteiger partial charge in [-0.15, -0.1) is 0 Å². The van der Waals surface area contributed by atoms with Crippen molar-refractivity contribution in [2.45, 2.75) is 52.4 Å². The van der Waals surface area contributed by atoms with Crippen molar-refractivity contribution in [3.63, 3.8) is 0 Å². The van der Waals surface area contributed by atoms with Crippen LogP contribution in [0.15, 0.2) is 36.6 Å². The monoisotopic (exact) mass is 312 g/mol. The van der Waals surface area contributed by atoms with Gasteiger partial charge >= 0.3 is 0 Å². The van der Waals surface area contributed by atoms with Gasteiger partial charge in [-0.1, -0.05) is 45.1 Å². The summed E-state index contributed by atoms with van der Waals surface area (Å²) in [6.07, 6.45) is 11.8. The van der Waals surface area contributed by atoms with Gasteiger partial charge in [-0.05, 0) is 75.0 Å². The Bertz CT molecular complexity index is 525. The van der Waals surface area contributed by atoms with E-state index < -0.39 is 0 Å². The lowest BCUT2D eigenvalue weighted by Gasteiger charge is -2.20. The molecule has 0 bridgehead atoms. The largest absolute Gasteiger partial charge is 0.356 e. The molecular weight excluding hydrogens is 280 g/mol. The summed E-state index contributed by atoms with van der Waals surface area (Å²) in [6.45, 7) is 12.3. The first-order valence-corrected chi connectivity index (χ1v) is 9.22. The van der Waals surface area contributed by atoms with Gasteiger partial charge in [0, 0.05) is 11.4 Å². The lowest BCUT2D eigenvalue weighted by Crippen LogP contribution is -2.26. The number of allylic oxidation sites excluding steroid dienone is 1. The number of nitrogens with zero attached hydrogens (tertiary/aromatic N) is 1. The van der Waals surface area contributed by atoms with Gasteiger partial charge in [0.2, 0.25) is 0 Å². The van der Waals surface area contributed by atoms with Crippen LogP contribution in [0.3, 0.4) is 0 Å². The summed E-state index contributed by atoms with van der Waals surface area (Å²) in [5.41, 5.74) is 4.86. The van der Waals surface area contributed by atoms with Crippen LogP contribution in [0.2, 0.25) is 0 Å². The predicted octanol–water partition coefficient (Wildman–Crippen LogP) is 5.47. The van der Waals surface area contributed by atoms with Crippen LogP contribution in [-0.4, -0.2) is 24.5 Å². The summed E-state index contributed by atoms with van der Waals surface area (Å²) >= 11 is 0. The number of anilines is 1. The number of benzene rings is 1. The SMILES string of the molecule is C=C1C=Cc2ccc(CCCCCN(CCC)CCC)cc2N1. The van der Waals surface area contributed by atoms with Crippen molar-refractivity contribution >= 4 is 11.8 Å². The summed E-state index contributed by atoms with van der Waals surface area (Å²) in [5.74, 6) is 0. The van der Waals surface area contributed by atoms with E-state index in [1.165, 1.54) is 75.0 Å². The maximum absolute atomic E-state index is 3.97. The molecule has 0 saturated carbocycles. The van der Waals surface area contributed by atoms with Crippen LogP contribution in [0, 0.1) is 0 Å². The second kappa shape index (κ2) is 9.57. The normalized spacial score (nSPS) is 13.3. The van der Waals surface area contributed by atoms with E-state index in [1.54, 1.807) is 0 Å². The second-order valence-electron chi connectivity index (χ2n) is 6.56. The number of hydrogen-bond donors (Lipinski definition) is 1. The van der Waals surface area contributed by atoms with Crippen LogP contribution in [-0.2, 0) is 6.42 Å². The Kier molecular flexibility index (Phi) is 7.41. The summed E-state index contributed by atoms with van der Waals surface area (Å²) in [4.78, 5) is 2.61. The zero-order valence-electron chi connectivity index (χ0n) is 14.9. The van der Waals surface area contributed by atoms with Crippen LogP contribution in [0.4, 0.5) is 5.69 Å². The molecule has 0 unspecified atom stereocenters. The average Bonchev–Trinajstić information content (AvgIpc) is 2.54. The topological polar surface area (TPSA) is 15.3 Å². The van der Waals surface area contributed by atoms with Crippen molar-refractivity contribution in [2.24, 2.45) is 0 Å². The molecule has 126 valence electrons. The molecule has 0 atom stereocenters. The van der Waals surface area contributed by atoms with E-state index in [9.17, 15) is 0 Å². The van der Waals surface area contributed by atoms with Crippen LogP contribution in [0.5, 0.6) is 0 Å². The van der Waals surface area contributed by atoms with Gasteiger partial charge in [0.1, 0.15) is 0 Å². The number of aryl methyl sites for hydroxylation is 1. The zero-order valence-corrected chi connectivity index (χ0v) is 14.9. The number of fused-ring (bicyclic) bond motifs is 1. The molecule has 0 spiro atoms. The third-order valence-electron chi connectivity index (χ3n) is 4.40. The van der Waals surface area contributed by atoms with E-state index in [2.05, 4.69) is 54.9 Å². The van der Waals surface area contributed by atoms with Crippen molar-refractivity contribution in [3.05, 3.63) is 47.7 Å². The maximum Gasteiger partial charge on any atom is 0.0460 e. The van der Waals surface area contributed by atoms with E-state index in [4.69, 9.17) is 0 Å². The van der Waals surface area contributed by atoms with Crippen molar-refractivity contribution in [2.75, 3.05) is 25.0 Å². The fourth-order valence-electron chi connectivity index (χ4n) is 3.23. The van der Waals surface area contributed by atoms with Gasteiger partial charge in [-0.2, -0.15) is 0 Å². The fraction of sp³-hybridized carbons (Fsp3) is 0.524. The van der Waals surface area contributed by atoms with Crippen LogP contribution >= 0.6 is 0 Å². The number of unbranched alkanes of at least 4 members (excludes halogenated alkanes) is 2. The Morgan fingerprint density at radius 1 is 0.957 bits per heavy atom. The minimum atomic E-state index is 0.974.